The molecule has 0 aromatic rings. The summed E-state index contributed by atoms with van der Waals surface area (Å²) in [7, 11) is 0. The third kappa shape index (κ3) is 4.34. The van der Waals surface area contributed by atoms with Gasteiger partial charge in [0.05, 0.1) is 0 Å². The molecule has 0 atom stereocenters. The van der Waals surface area contributed by atoms with E-state index >= 15 is 0 Å². The van der Waals surface area contributed by atoms with E-state index in [2.05, 4.69) is 6.58 Å². The van der Waals surface area contributed by atoms with Gasteiger partial charge in [-0.3, -0.25) is 0 Å². The van der Waals surface area contributed by atoms with Crippen LogP contribution in [-0.2, 0) is 3.08 Å². The molecular weight excluding hydrogens is 171 g/mol. The average molecular weight is 176 g/mol. The van der Waals surface area contributed by atoms with E-state index < -0.39 is 21.1 Å². The predicted molar refractivity (Wildman–Crippen MR) is 21.4 cm³/mol. The summed E-state index contributed by atoms with van der Waals surface area (Å²) in [6, 6.07) is 0. The summed E-state index contributed by atoms with van der Waals surface area (Å²) in [5, 5.41) is 0. The number of hydrogen-bond acceptors (Lipinski definition) is 1. The van der Waals surface area contributed by atoms with Gasteiger partial charge in [-0.05, 0) is 0 Å². The van der Waals surface area contributed by atoms with Gasteiger partial charge in [-0.15, -0.1) is 0 Å². The molecule has 5 heavy (non-hydrogen) atoms. The summed E-state index contributed by atoms with van der Waals surface area (Å²) >= 11 is -1.16. The van der Waals surface area contributed by atoms with Crippen LogP contribution >= 0.6 is 0 Å². The molecule has 0 aliphatic carbocycles. The molecule has 0 saturated carbocycles. The fourth-order valence-corrected chi connectivity index (χ4v) is 0.395. The van der Waals surface area contributed by atoms with E-state index in [1.807, 2.05) is 0 Å². The first-order chi connectivity index (χ1) is 2.41. The molecule has 0 saturated heterocycles. The summed E-state index contributed by atoms with van der Waals surface area (Å²) in [6.45, 7) is 3.39. The Bertz CT molecular complexity index is 36.2. The summed E-state index contributed by atoms with van der Waals surface area (Å²) in [4.78, 5) is 0. The normalized spacial score (nSPS) is 6.40. The summed E-state index contributed by atoms with van der Waals surface area (Å²) in [6.07, 6.45) is 1.69. The minimum absolute atomic E-state index is 0.767. The average Bonchev–Trinajstić information content (AvgIpc) is 1.41. The van der Waals surface area contributed by atoms with Crippen molar-refractivity contribution in [2.75, 3.05) is 0 Å². The third-order valence-corrected chi connectivity index (χ3v) is 1.53. The Labute approximate surface area is 41.7 Å². The van der Waals surface area contributed by atoms with Crippen LogP contribution < -0.4 is 0 Å². The second kappa shape index (κ2) is 4.34. The zero-order chi connectivity index (χ0) is 4.12. The van der Waals surface area contributed by atoms with Crippen LogP contribution in [-0.4, -0.2) is 21.1 Å². The molecule has 0 bridgehead atoms. The topological polar surface area (TPSA) is 17.1 Å². The van der Waals surface area contributed by atoms with Gasteiger partial charge in [0, 0.05) is 0 Å². The Hall–Kier alpha value is 0.339. The molecule has 0 fully saturated rings. The van der Waals surface area contributed by atoms with Gasteiger partial charge in [-0.25, -0.2) is 0 Å². The molecule has 0 spiro atoms. The first-order valence-electron chi connectivity index (χ1n) is 1.37. The molecule has 1 nitrogen and oxygen atoms in total. The van der Waals surface area contributed by atoms with Crippen molar-refractivity contribution in [3.8, 4) is 0 Å². The van der Waals surface area contributed by atoms with Crippen LogP contribution in [0.3, 0.4) is 0 Å². The van der Waals surface area contributed by atoms with E-state index in [0.717, 1.165) is 4.44 Å². The maximum absolute atomic E-state index is 9.63. The van der Waals surface area contributed by atoms with Crippen LogP contribution in [0.5, 0.6) is 0 Å². The van der Waals surface area contributed by atoms with Crippen LogP contribution in [0, 0.1) is 0 Å². The molecule has 0 rings (SSSR count). The fourth-order valence-electron chi connectivity index (χ4n) is 0.0589. The van der Waals surface area contributed by atoms with E-state index in [1.165, 1.54) is 0 Å². The number of rotatable bonds is 2. The van der Waals surface area contributed by atoms with E-state index in [9.17, 15) is 3.08 Å². The molecule has 0 aromatic heterocycles. The fraction of sp³-hybridized carbons (Fsp3) is 0.333. The van der Waals surface area contributed by atoms with Crippen LogP contribution in [0.2, 0.25) is 4.44 Å². The summed E-state index contributed by atoms with van der Waals surface area (Å²) < 4.78 is 10.4. The summed E-state index contributed by atoms with van der Waals surface area (Å²) in [5.74, 6) is 0. The van der Waals surface area contributed by atoms with Crippen molar-refractivity contribution in [3.05, 3.63) is 12.7 Å². The van der Waals surface area contributed by atoms with E-state index in [0.29, 0.717) is 0 Å². The molecule has 0 amide bonds. The van der Waals surface area contributed by atoms with E-state index in [4.69, 9.17) is 0 Å². The van der Waals surface area contributed by atoms with E-state index in [-0.39, 0.29) is 0 Å². The van der Waals surface area contributed by atoms with Gasteiger partial charge in [-0.2, -0.15) is 0 Å². The Kier molecular flexibility index (Phi) is 4.63. The van der Waals surface area contributed by atoms with Crippen molar-refractivity contribution >= 4 is 21.1 Å². The summed E-state index contributed by atoms with van der Waals surface area (Å²) in [5.41, 5.74) is 0. The molecule has 1 radical (unpaired) electrons. The Morgan fingerprint density at radius 2 is 2.60 bits per heavy atom. The third-order valence-electron chi connectivity index (χ3n) is 0.228. The van der Waals surface area contributed by atoms with Crippen molar-refractivity contribution in [2.45, 2.75) is 4.44 Å². The van der Waals surface area contributed by atoms with Gasteiger partial charge in [0.1, 0.15) is 0 Å². The Balaban J connectivity index is 2.65. The molecule has 0 aromatic carbocycles. The number of hydrogen-bond donors (Lipinski definition) is 0. The quantitative estimate of drug-likeness (QED) is 0.445. The minimum atomic E-state index is -1.16. The van der Waals surface area contributed by atoms with Gasteiger partial charge < -0.3 is 0 Å². The standard InChI is InChI=1S/C3H5.O.Sn/c1-3-2;;/h3H,1-2H2;;. The molecule has 0 heterocycles. The van der Waals surface area contributed by atoms with Crippen molar-refractivity contribution in [1.29, 1.82) is 0 Å². The van der Waals surface area contributed by atoms with Crippen LogP contribution in [0.25, 0.3) is 0 Å². The van der Waals surface area contributed by atoms with Gasteiger partial charge in [0.25, 0.3) is 0 Å². The zero-order valence-electron chi connectivity index (χ0n) is 2.90. The molecule has 0 aliphatic heterocycles. The molecule has 2 heteroatoms. The molecule has 0 aliphatic rings. The van der Waals surface area contributed by atoms with Crippen LogP contribution in [0.4, 0.5) is 0 Å². The van der Waals surface area contributed by atoms with Gasteiger partial charge in [0.2, 0.25) is 0 Å². The Morgan fingerprint density at radius 1 is 2.00 bits per heavy atom. The van der Waals surface area contributed by atoms with Crippen LogP contribution in [0.1, 0.15) is 0 Å². The van der Waals surface area contributed by atoms with Crippen molar-refractivity contribution in [2.24, 2.45) is 0 Å². The second-order valence-corrected chi connectivity index (χ2v) is 2.63. The first-order valence-corrected chi connectivity index (χ1v) is 4.56. The van der Waals surface area contributed by atoms with Crippen molar-refractivity contribution in [3.63, 3.8) is 0 Å². The number of allylic oxidation sites excluding steroid dienone is 1. The molecular formula is C3H5OSn. The van der Waals surface area contributed by atoms with E-state index in [1.54, 1.807) is 6.08 Å². The molecule has 0 N–H and O–H groups in total. The van der Waals surface area contributed by atoms with Crippen molar-refractivity contribution < 1.29 is 3.08 Å². The zero-order valence-corrected chi connectivity index (χ0v) is 5.75. The predicted octanol–water partition coefficient (Wildman–Crippen LogP) is 0.640. The second-order valence-electron chi connectivity index (χ2n) is 0.637. The SMILES string of the molecule is C=C[CH2][Sn]=[O]. The monoisotopic (exact) mass is 177 g/mol. The van der Waals surface area contributed by atoms with Crippen LogP contribution in [0.15, 0.2) is 12.7 Å². The first kappa shape index (κ1) is 5.34. The van der Waals surface area contributed by atoms with Gasteiger partial charge >= 0.3 is 41.3 Å². The molecule has 27 valence electrons. The van der Waals surface area contributed by atoms with Gasteiger partial charge in [0.15, 0.2) is 0 Å². The Morgan fingerprint density at radius 3 is 2.60 bits per heavy atom. The van der Waals surface area contributed by atoms with Gasteiger partial charge in [-0.1, -0.05) is 0 Å². The maximum atomic E-state index is 9.63. The van der Waals surface area contributed by atoms with Crippen molar-refractivity contribution in [1.82, 2.24) is 0 Å². The molecule has 0 unspecified atom stereocenters.